The number of amides is 1. The smallest absolute Gasteiger partial charge is 0.314 e. The highest BCUT2D eigenvalue weighted by Gasteiger charge is 2.49. The SMILES string of the molecule is CCC[C@@]1(C(=O)O)CN(C(=O)CCn2ccccc2=O)CC[C@@H]1O.O=CO. The number of carboxylic acid groups (broad SMARTS) is 2. The Morgan fingerprint density at radius 1 is 1.37 bits per heavy atom. The molecule has 0 saturated carbocycles. The minimum atomic E-state index is -1.30. The van der Waals surface area contributed by atoms with Crippen LogP contribution in [0, 0.1) is 5.41 Å². The van der Waals surface area contributed by atoms with Crippen LogP contribution in [-0.2, 0) is 20.9 Å². The Morgan fingerprint density at radius 3 is 2.59 bits per heavy atom. The van der Waals surface area contributed by atoms with Crippen LogP contribution in [0.5, 0.6) is 0 Å². The van der Waals surface area contributed by atoms with Crippen molar-refractivity contribution in [3.8, 4) is 0 Å². The first-order valence-corrected chi connectivity index (χ1v) is 8.75. The Bertz CT molecular complexity index is 703. The summed E-state index contributed by atoms with van der Waals surface area (Å²) in [6.45, 7) is 2.22. The van der Waals surface area contributed by atoms with Crippen LogP contribution < -0.4 is 5.56 Å². The van der Waals surface area contributed by atoms with Crippen LogP contribution in [-0.4, -0.2) is 62.3 Å². The predicted molar refractivity (Wildman–Crippen MR) is 96.2 cm³/mol. The van der Waals surface area contributed by atoms with Gasteiger partial charge < -0.3 is 24.8 Å². The highest BCUT2D eigenvalue weighted by molar-refractivity contribution is 5.80. The van der Waals surface area contributed by atoms with Crippen LogP contribution in [0.2, 0.25) is 0 Å². The van der Waals surface area contributed by atoms with Crippen LogP contribution in [0.15, 0.2) is 29.2 Å². The summed E-state index contributed by atoms with van der Waals surface area (Å²) in [6, 6.07) is 4.79. The second-order valence-electron chi connectivity index (χ2n) is 6.42. The Kier molecular flexibility index (Phi) is 8.67. The molecule has 1 aromatic heterocycles. The molecule has 1 aliphatic rings. The lowest BCUT2D eigenvalue weighted by Crippen LogP contribution is -2.57. The predicted octanol–water partition coefficient (Wildman–Crippen LogP) is 0.404. The van der Waals surface area contributed by atoms with Crippen LogP contribution in [0.3, 0.4) is 0 Å². The summed E-state index contributed by atoms with van der Waals surface area (Å²) < 4.78 is 1.45. The van der Waals surface area contributed by atoms with Gasteiger partial charge in [0.15, 0.2) is 0 Å². The Labute approximate surface area is 156 Å². The minimum absolute atomic E-state index is 0.0138. The molecule has 2 heterocycles. The number of aryl methyl sites for hydroxylation is 1. The van der Waals surface area contributed by atoms with Crippen molar-refractivity contribution in [3.63, 3.8) is 0 Å². The van der Waals surface area contributed by atoms with Gasteiger partial charge in [-0.3, -0.25) is 19.2 Å². The fourth-order valence-electron chi connectivity index (χ4n) is 3.32. The molecule has 150 valence electrons. The van der Waals surface area contributed by atoms with Crippen LogP contribution in [0.1, 0.15) is 32.6 Å². The molecule has 1 aliphatic heterocycles. The summed E-state index contributed by atoms with van der Waals surface area (Å²) in [5, 5.41) is 26.7. The molecule has 1 fully saturated rings. The molecular weight excluding hydrogens is 356 g/mol. The molecule has 1 aromatic rings. The highest BCUT2D eigenvalue weighted by Crippen LogP contribution is 2.35. The van der Waals surface area contributed by atoms with E-state index < -0.39 is 17.5 Å². The third-order valence-electron chi connectivity index (χ3n) is 4.72. The van der Waals surface area contributed by atoms with Gasteiger partial charge in [-0.15, -0.1) is 0 Å². The van der Waals surface area contributed by atoms with E-state index >= 15 is 0 Å². The molecule has 1 saturated heterocycles. The van der Waals surface area contributed by atoms with E-state index in [1.165, 1.54) is 15.5 Å². The number of hydrogen-bond donors (Lipinski definition) is 3. The van der Waals surface area contributed by atoms with Crippen molar-refractivity contribution < 1.29 is 29.7 Å². The van der Waals surface area contributed by atoms with Crippen molar-refractivity contribution in [2.24, 2.45) is 5.41 Å². The number of pyridine rings is 1. The number of carbonyl (C=O) groups is 3. The summed E-state index contributed by atoms with van der Waals surface area (Å²) in [5.41, 5.74) is -1.48. The van der Waals surface area contributed by atoms with Gasteiger partial charge in [0, 0.05) is 38.3 Å². The van der Waals surface area contributed by atoms with Gasteiger partial charge in [-0.05, 0) is 18.9 Å². The summed E-state index contributed by atoms with van der Waals surface area (Å²) in [4.78, 5) is 45.7. The van der Waals surface area contributed by atoms with E-state index in [0.29, 0.717) is 19.4 Å². The lowest BCUT2D eigenvalue weighted by molar-refractivity contribution is -0.167. The number of likely N-dealkylation sites (tertiary alicyclic amines) is 1. The van der Waals surface area contributed by atoms with Gasteiger partial charge in [-0.1, -0.05) is 19.4 Å². The first-order chi connectivity index (χ1) is 12.8. The molecular formula is C18H26N2O7. The number of nitrogens with zero attached hydrogens (tertiary/aromatic N) is 2. The van der Waals surface area contributed by atoms with Gasteiger partial charge in [-0.25, -0.2) is 0 Å². The summed E-state index contributed by atoms with van der Waals surface area (Å²) in [6.07, 6.45) is 1.99. The Hall–Kier alpha value is -2.68. The number of aromatic nitrogens is 1. The average molecular weight is 382 g/mol. The fourth-order valence-corrected chi connectivity index (χ4v) is 3.32. The standard InChI is InChI=1S/C17H24N2O5.CH2O2/c1-2-8-17(16(23)24)12-19(10-6-13(17)20)15(22)7-11-18-9-4-3-5-14(18)21;2-1-3/h3-5,9,13,20H,2,6-8,10-12H2,1H3,(H,23,24);1H,(H,2,3)/t13-,17+;/m0./s1. The normalized spacial score (nSPS) is 21.7. The second kappa shape index (κ2) is 10.5. The van der Waals surface area contributed by atoms with Gasteiger partial charge >= 0.3 is 5.97 Å². The van der Waals surface area contributed by atoms with Crippen LogP contribution in [0.25, 0.3) is 0 Å². The van der Waals surface area contributed by atoms with Gasteiger partial charge in [0.1, 0.15) is 5.41 Å². The molecule has 0 unspecified atom stereocenters. The molecule has 0 radical (unpaired) electrons. The van der Waals surface area contributed by atoms with E-state index in [1.54, 1.807) is 18.3 Å². The maximum Gasteiger partial charge on any atom is 0.314 e. The number of piperidine rings is 1. The van der Waals surface area contributed by atoms with Gasteiger partial charge in [-0.2, -0.15) is 0 Å². The zero-order valence-electron chi connectivity index (χ0n) is 15.3. The van der Waals surface area contributed by atoms with E-state index in [2.05, 4.69) is 0 Å². The lowest BCUT2D eigenvalue weighted by atomic mass is 9.74. The number of aliphatic carboxylic acids is 1. The summed E-state index contributed by atoms with van der Waals surface area (Å²) >= 11 is 0. The molecule has 2 atom stereocenters. The maximum atomic E-state index is 12.4. The zero-order chi connectivity index (χ0) is 20.4. The van der Waals surface area contributed by atoms with Gasteiger partial charge in [0.2, 0.25) is 5.91 Å². The number of aliphatic hydroxyl groups is 1. The molecule has 9 heteroatoms. The van der Waals surface area contributed by atoms with Gasteiger partial charge in [0.05, 0.1) is 6.10 Å². The Balaban J connectivity index is 0.00000114. The zero-order valence-corrected chi connectivity index (χ0v) is 15.3. The van der Waals surface area contributed by atoms with Crippen LogP contribution in [0.4, 0.5) is 0 Å². The third-order valence-corrected chi connectivity index (χ3v) is 4.72. The molecule has 0 bridgehead atoms. The average Bonchev–Trinajstić information content (AvgIpc) is 2.63. The number of rotatable bonds is 6. The molecule has 3 N–H and O–H groups in total. The number of carbonyl (C=O) groups excluding carboxylic acids is 1. The van der Waals surface area contributed by atoms with E-state index in [1.807, 2.05) is 6.92 Å². The fraction of sp³-hybridized carbons (Fsp3) is 0.556. The quantitative estimate of drug-likeness (QED) is 0.606. The van der Waals surface area contributed by atoms with E-state index in [0.717, 1.165) is 0 Å². The van der Waals surface area contributed by atoms with E-state index in [-0.39, 0.29) is 43.9 Å². The molecule has 0 aromatic carbocycles. The molecule has 9 nitrogen and oxygen atoms in total. The van der Waals surface area contributed by atoms with Crippen molar-refractivity contribution in [2.75, 3.05) is 13.1 Å². The third kappa shape index (κ3) is 5.65. The highest BCUT2D eigenvalue weighted by atomic mass is 16.4. The van der Waals surface area contributed by atoms with E-state index in [4.69, 9.17) is 9.90 Å². The van der Waals surface area contributed by atoms with Crippen molar-refractivity contribution in [3.05, 3.63) is 34.7 Å². The lowest BCUT2D eigenvalue weighted by Gasteiger charge is -2.43. The first-order valence-electron chi connectivity index (χ1n) is 8.75. The second-order valence-corrected chi connectivity index (χ2v) is 6.42. The summed E-state index contributed by atoms with van der Waals surface area (Å²) in [5.74, 6) is -1.26. The number of hydrogen-bond acceptors (Lipinski definition) is 5. The Morgan fingerprint density at radius 2 is 2.04 bits per heavy atom. The number of carboxylic acids is 1. The minimum Gasteiger partial charge on any atom is -0.483 e. The monoisotopic (exact) mass is 382 g/mol. The molecule has 27 heavy (non-hydrogen) atoms. The van der Waals surface area contributed by atoms with Crippen LogP contribution >= 0.6 is 0 Å². The number of aliphatic hydroxyl groups excluding tert-OH is 1. The topological polar surface area (TPSA) is 137 Å². The molecule has 0 spiro atoms. The molecule has 2 rings (SSSR count). The first kappa shape index (κ1) is 22.4. The largest absolute Gasteiger partial charge is 0.483 e. The van der Waals surface area contributed by atoms with Crippen molar-refractivity contribution >= 4 is 18.3 Å². The van der Waals surface area contributed by atoms with Gasteiger partial charge in [0.25, 0.3) is 12.0 Å². The summed E-state index contributed by atoms with van der Waals surface area (Å²) in [7, 11) is 0. The molecule has 1 amide bonds. The van der Waals surface area contributed by atoms with E-state index in [9.17, 15) is 24.6 Å². The van der Waals surface area contributed by atoms with Crippen molar-refractivity contribution in [1.82, 2.24) is 9.47 Å². The molecule has 0 aliphatic carbocycles. The maximum absolute atomic E-state index is 12.4. The van der Waals surface area contributed by atoms with Crippen molar-refractivity contribution in [2.45, 2.75) is 45.3 Å². The van der Waals surface area contributed by atoms with Crippen molar-refractivity contribution in [1.29, 1.82) is 0 Å².